The van der Waals surface area contributed by atoms with Crippen molar-refractivity contribution in [2.75, 3.05) is 19.8 Å². The van der Waals surface area contributed by atoms with Crippen molar-refractivity contribution in [3.05, 3.63) is 11.7 Å². The Morgan fingerprint density at radius 2 is 2.39 bits per heavy atom. The predicted molar refractivity (Wildman–Crippen MR) is 63.0 cm³/mol. The molecule has 100 valence electrons. The second-order valence-corrected chi connectivity index (χ2v) is 5.14. The van der Waals surface area contributed by atoms with Crippen molar-refractivity contribution in [3.63, 3.8) is 0 Å². The van der Waals surface area contributed by atoms with Crippen molar-refractivity contribution in [2.24, 2.45) is 0 Å². The van der Waals surface area contributed by atoms with Crippen LogP contribution in [-0.2, 0) is 16.0 Å². The van der Waals surface area contributed by atoms with Gasteiger partial charge in [-0.25, -0.2) is 0 Å². The van der Waals surface area contributed by atoms with Crippen molar-refractivity contribution in [1.82, 2.24) is 15.5 Å². The molecule has 0 amide bonds. The van der Waals surface area contributed by atoms with E-state index in [-0.39, 0.29) is 5.60 Å². The predicted octanol–water partition coefficient (Wildman–Crippen LogP) is 0.806. The molecule has 0 saturated carbocycles. The average Bonchev–Trinajstić information content (AvgIpc) is 2.97. The summed E-state index contributed by atoms with van der Waals surface area (Å²) in [4.78, 5) is 4.19. The van der Waals surface area contributed by atoms with Gasteiger partial charge < -0.3 is 19.3 Å². The van der Waals surface area contributed by atoms with Crippen LogP contribution >= 0.6 is 0 Å². The maximum Gasteiger partial charge on any atom is 0.240 e. The lowest BCUT2D eigenvalue weighted by molar-refractivity contribution is -0.0896. The minimum Gasteiger partial charge on any atom is -0.378 e. The van der Waals surface area contributed by atoms with Crippen LogP contribution in [0, 0.1) is 6.92 Å². The van der Waals surface area contributed by atoms with Gasteiger partial charge in [0, 0.05) is 25.7 Å². The molecule has 2 aliphatic rings. The zero-order chi connectivity index (χ0) is 12.4. The molecule has 0 aromatic carbocycles. The molecule has 2 aliphatic heterocycles. The van der Waals surface area contributed by atoms with Gasteiger partial charge in [-0.2, -0.15) is 4.98 Å². The molecule has 1 aromatic rings. The first-order valence-electron chi connectivity index (χ1n) is 6.50. The summed E-state index contributed by atoms with van der Waals surface area (Å²) in [5, 5.41) is 7.25. The van der Waals surface area contributed by atoms with Gasteiger partial charge in [0.2, 0.25) is 5.89 Å². The van der Waals surface area contributed by atoms with Gasteiger partial charge >= 0.3 is 0 Å². The Morgan fingerprint density at radius 3 is 3.11 bits per heavy atom. The molecule has 2 unspecified atom stereocenters. The maximum absolute atomic E-state index is 5.90. The summed E-state index contributed by atoms with van der Waals surface area (Å²) >= 11 is 0. The van der Waals surface area contributed by atoms with Crippen LogP contribution in [0.25, 0.3) is 0 Å². The van der Waals surface area contributed by atoms with Crippen LogP contribution in [0.4, 0.5) is 0 Å². The number of hydrogen-bond donors (Lipinski definition) is 1. The Morgan fingerprint density at radius 1 is 1.44 bits per heavy atom. The summed E-state index contributed by atoms with van der Waals surface area (Å²) in [5.41, 5.74) is -0.0549. The number of aryl methyl sites for hydroxylation is 1. The van der Waals surface area contributed by atoms with Crippen LogP contribution in [0.5, 0.6) is 0 Å². The third kappa shape index (κ3) is 2.55. The van der Waals surface area contributed by atoms with Gasteiger partial charge in [0.25, 0.3) is 0 Å². The van der Waals surface area contributed by atoms with Crippen molar-refractivity contribution >= 4 is 0 Å². The van der Waals surface area contributed by atoms with Crippen LogP contribution in [0.2, 0.25) is 0 Å². The van der Waals surface area contributed by atoms with E-state index < -0.39 is 0 Å². The fourth-order valence-electron chi connectivity index (χ4n) is 2.71. The molecule has 0 aliphatic carbocycles. The van der Waals surface area contributed by atoms with Crippen LogP contribution < -0.4 is 5.32 Å². The summed E-state index contributed by atoms with van der Waals surface area (Å²) in [6.07, 6.45) is 3.03. The van der Waals surface area contributed by atoms with Crippen LogP contribution in [0.1, 0.15) is 31.0 Å². The van der Waals surface area contributed by atoms with Crippen molar-refractivity contribution in [3.8, 4) is 0 Å². The van der Waals surface area contributed by atoms with E-state index in [9.17, 15) is 0 Å². The van der Waals surface area contributed by atoms with Crippen LogP contribution in [0.3, 0.4) is 0 Å². The molecule has 6 heteroatoms. The summed E-state index contributed by atoms with van der Waals surface area (Å²) in [7, 11) is 0. The molecule has 18 heavy (non-hydrogen) atoms. The van der Waals surface area contributed by atoms with E-state index >= 15 is 0 Å². The topological polar surface area (TPSA) is 69.4 Å². The molecule has 2 atom stereocenters. The zero-order valence-electron chi connectivity index (χ0n) is 10.6. The number of aromatic nitrogens is 2. The molecule has 3 heterocycles. The van der Waals surface area contributed by atoms with E-state index in [2.05, 4.69) is 15.5 Å². The molecule has 3 rings (SSSR count). The SMILES string of the molecule is Cc1noc(CNC2CCOC3(CCOC3)C2)n1. The lowest BCUT2D eigenvalue weighted by Crippen LogP contribution is -2.47. The molecular weight excluding hydrogens is 234 g/mol. The largest absolute Gasteiger partial charge is 0.378 e. The van der Waals surface area contributed by atoms with Gasteiger partial charge in [-0.05, 0) is 19.8 Å². The first-order valence-corrected chi connectivity index (χ1v) is 6.50. The molecule has 1 aromatic heterocycles. The summed E-state index contributed by atoms with van der Waals surface area (Å²) in [6, 6.07) is 0.438. The maximum atomic E-state index is 5.90. The molecule has 1 N–H and O–H groups in total. The highest BCUT2D eigenvalue weighted by Crippen LogP contribution is 2.32. The van der Waals surface area contributed by atoms with E-state index in [1.807, 2.05) is 6.92 Å². The third-order valence-electron chi connectivity index (χ3n) is 3.67. The highest BCUT2D eigenvalue weighted by Gasteiger charge is 2.40. The van der Waals surface area contributed by atoms with Gasteiger partial charge in [0.1, 0.15) is 0 Å². The van der Waals surface area contributed by atoms with Crippen LogP contribution in [0.15, 0.2) is 4.52 Å². The number of nitrogens with zero attached hydrogens (tertiary/aromatic N) is 2. The summed E-state index contributed by atoms with van der Waals surface area (Å²) in [6.45, 7) is 4.79. The van der Waals surface area contributed by atoms with Gasteiger partial charge in [-0.3, -0.25) is 0 Å². The fraction of sp³-hybridized carbons (Fsp3) is 0.833. The minimum absolute atomic E-state index is 0.0549. The first kappa shape index (κ1) is 12.1. The second kappa shape index (κ2) is 4.95. The Bertz CT molecular complexity index is 401. The van der Waals surface area contributed by atoms with E-state index in [0.29, 0.717) is 24.3 Å². The number of rotatable bonds is 3. The normalized spacial score (nSPS) is 32.2. The molecule has 2 saturated heterocycles. The van der Waals surface area contributed by atoms with Crippen molar-refractivity contribution < 1.29 is 14.0 Å². The van der Waals surface area contributed by atoms with Gasteiger partial charge in [-0.1, -0.05) is 5.16 Å². The smallest absolute Gasteiger partial charge is 0.240 e. The monoisotopic (exact) mass is 253 g/mol. The van der Waals surface area contributed by atoms with E-state index in [1.165, 1.54) is 0 Å². The Balaban J connectivity index is 1.53. The van der Waals surface area contributed by atoms with E-state index in [0.717, 1.165) is 39.1 Å². The van der Waals surface area contributed by atoms with Crippen molar-refractivity contribution in [1.29, 1.82) is 0 Å². The quantitative estimate of drug-likeness (QED) is 0.859. The lowest BCUT2D eigenvalue weighted by Gasteiger charge is -2.37. The standard InChI is InChI=1S/C12H19N3O3/c1-9-14-11(18-15-9)7-13-10-2-4-17-12(6-10)3-5-16-8-12/h10,13H,2-8H2,1H3. The molecule has 0 bridgehead atoms. The molecule has 0 radical (unpaired) electrons. The third-order valence-corrected chi connectivity index (χ3v) is 3.67. The van der Waals surface area contributed by atoms with E-state index in [1.54, 1.807) is 0 Å². The van der Waals surface area contributed by atoms with Gasteiger partial charge in [0.15, 0.2) is 5.82 Å². The first-order chi connectivity index (χ1) is 8.76. The van der Waals surface area contributed by atoms with Gasteiger partial charge in [0.05, 0.1) is 18.8 Å². The number of nitrogens with one attached hydrogen (secondary N) is 1. The molecule has 2 fully saturated rings. The Kier molecular flexibility index (Phi) is 3.32. The Labute approximate surface area is 106 Å². The fourth-order valence-corrected chi connectivity index (χ4v) is 2.71. The average molecular weight is 253 g/mol. The molecule has 6 nitrogen and oxygen atoms in total. The number of hydrogen-bond acceptors (Lipinski definition) is 6. The summed E-state index contributed by atoms with van der Waals surface area (Å²) < 4.78 is 16.4. The van der Waals surface area contributed by atoms with Crippen LogP contribution in [-0.4, -0.2) is 41.6 Å². The Hall–Kier alpha value is -0.980. The van der Waals surface area contributed by atoms with Gasteiger partial charge in [-0.15, -0.1) is 0 Å². The van der Waals surface area contributed by atoms with Crippen molar-refractivity contribution in [2.45, 2.75) is 44.4 Å². The highest BCUT2D eigenvalue weighted by molar-refractivity contribution is 4.93. The summed E-state index contributed by atoms with van der Waals surface area (Å²) in [5.74, 6) is 1.33. The molecule has 1 spiro atoms. The molecular formula is C12H19N3O3. The number of ether oxygens (including phenoxy) is 2. The minimum atomic E-state index is -0.0549. The second-order valence-electron chi connectivity index (χ2n) is 5.14. The highest BCUT2D eigenvalue weighted by atomic mass is 16.6. The van der Waals surface area contributed by atoms with E-state index in [4.69, 9.17) is 14.0 Å². The lowest BCUT2D eigenvalue weighted by atomic mass is 9.90. The zero-order valence-corrected chi connectivity index (χ0v) is 10.6.